The van der Waals surface area contributed by atoms with Gasteiger partial charge in [0.2, 0.25) is 0 Å². The third kappa shape index (κ3) is 5.32. The second-order valence-corrected chi connectivity index (χ2v) is 8.49. The number of nitrogens with zero attached hydrogens (tertiary/aromatic N) is 2. The number of likely N-dealkylation sites (tertiary alicyclic amines) is 1. The first kappa shape index (κ1) is 18.9. The average Bonchev–Trinajstić information content (AvgIpc) is 3.06. The van der Waals surface area contributed by atoms with E-state index < -0.39 is 0 Å². The zero-order valence-corrected chi connectivity index (χ0v) is 16.2. The molecule has 3 rings (SSSR count). The fraction of sp³-hybridized carbons (Fsp3) is 0.810. The van der Waals surface area contributed by atoms with E-state index in [1.807, 2.05) is 0 Å². The summed E-state index contributed by atoms with van der Waals surface area (Å²) in [5.41, 5.74) is 1.41. The Morgan fingerprint density at radius 2 is 1.92 bits per heavy atom. The van der Waals surface area contributed by atoms with Gasteiger partial charge in [-0.15, -0.1) is 0 Å². The van der Waals surface area contributed by atoms with E-state index in [-0.39, 0.29) is 6.10 Å². The molecule has 1 saturated carbocycles. The first-order valence-electron chi connectivity index (χ1n) is 10.4. The fourth-order valence-corrected chi connectivity index (χ4v) is 4.43. The monoisotopic (exact) mass is 347 g/mol. The molecule has 2 N–H and O–H groups in total. The Bertz CT molecular complexity index is 505. The Kier molecular flexibility index (Phi) is 6.97. The van der Waals surface area contributed by atoms with Gasteiger partial charge in [0.15, 0.2) is 0 Å². The lowest BCUT2D eigenvalue weighted by Gasteiger charge is -2.41. The molecule has 2 aliphatic rings. The predicted molar refractivity (Wildman–Crippen MR) is 104 cm³/mol. The van der Waals surface area contributed by atoms with Crippen molar-refractivity contribution in [1.29, 1.82) is 0 Å². The maximum absolute atomic E-state index is 10.3. The molecule has 0 radical (unpaired) electrons. The van der Waals surface area contributed by atoms with Crippen molar-refractivity contribution in [3.05, 3.63) is 24.0 Å². The molecule has 4 heteroatoms. The van der Waals surface area contributed by atoms with E-state index in [9.17, 15) is 5.11 Å². The Hall–Kier alpha value is -0.840. The van der Waals surface area contributed by atoms with Crippen LogP contribution in [0.5, 0.6) is 0 Å². The number of piperidine rings is 1. The van der Waals surface area contributed by atoms with Crippen molar-refractivity contribution >= 4 is 0 Å². The number of aliphatic hydroxyl groups excluding tert-OH is 1. The minimum atomic E-state index is -0.0949. The molecule has 1 aliphatic carbocycles. The van der Waals surface area contributed by atoms with E-state index in [1.54, 1.807) is 0 Å². The largest absolute Gasteiger partial charge is 0.391 e. The van der Waals surface area contributed by atoms with Crippen molar-refractivity contribution in [3.63, 3.8) is 0 Å². The van der Waals surface area contributed by atoms with E-state index in [0.717, 1.165) is 38.5 Å². The quantitative estimate of drug-likeness (QED) is 0.794. The molecular weight excluding hydrogens is 310 g/mol. The molecule has 1 aromatic rings. The van der Waals surface area contributed by atoms with E-state index in [1.165, 1.54) is 44.2 Å². The van der Waals surface area contributed by atoms with Gasteiger partial charge in [-0.1, -0.05) is 26.7 Å². The normalized spacial score (nSPS) is 26.4. The van der Waals surface area contributed by atoms with E-state index in [2.05, 4.69) is 47.0 Å². The molecule has 142 valence electrons. The smallest absolute Gasteiger partial charge is 0.0695 e. The number of hydrogen-bond donors (Lipinski definition) is 2. The average molecular weight is 348 g/mol. The molecular formula is C21H37N3O. The lowest BCUT2D eigenvalue weighted by Crippen LogP contribution is -2.51. The topological polar surface area (TPSA) is 40.4 Å². The summed E-state index contributed by atoms with van der Waals surface area (Å²) in [4.78, 5) is 2.55. The van der Waals surface area contributed by atoms with Gasteiger partial charge in [-0.3, -0.25) is 4.90 Å². The Labute approximate surface area is 153 Å². The molecule has 0 spiro atoms. The first-order chi connectivity index (χ1) is 12.1. The Balaban J connectivity index is 1.41. The van der Waals surface area contributed by atoms with Crippen molar-refractivity contribution in [3.8, 4) is 0 Å². The van der Waals surface area contributed by atoms with Crippen molar-refractivity contribution in [2.75, 3.05) is 13.1 Å². The molecule has 0 amide bonds. The van der Waals surface area contributed by atoms with Crippen molar-refractivity contribution in [2.24, 2.45) is 5.92 Å². The molecule has 1 aliphatic heterocycles. The molecule has 0 bridgehead atoms. The summed E-state index contributed by atoms with van der Waals surface area (Å²) in [6.07, 6.45) is 10.4. The van der Waals surface area contributed by atoms with Gasteiger partial charge in [-0.25, -0.2) is 0 Å². The standard InChI is InChI=1S/C21H37N3O/c1-17(2)9-13-23-12-5-6-19(23)16-22-18-10-14-24(15-11-18)20-7-3-4-8-21(20)25/h5-6,12,17-18,20-22,25H,3-4,7-11,13-16H2,1-2H3. The van der Waals surface area contributed by atoms with Crippen molar-refractivity contribution in [2.45, 2.75) is 90.1 Å². The number of aliphatic hydroxyl groups is 1. The maximum atomic E-state index is 10.3. The molecule has 1 aromatic heterocycles. The SMILES string of the molecule is CC(C)CCn1cccc1CNC1CCN(C2CCCCC2O)CC1. The van der Waals surface area contributed by atoms with Crippen LogP contribution in [0.3, 0.4) is 0 Å². The molecule has 25 heavy (non-hydrogen) atoms. The summed E-state index contributed by atoms with van der Waals surface area (Å²) < 4.78 is 2.40. The molecule has 2 fully saturated rings. The van der Waals surface area contributed by atoms with Crippen molar-refractivity contribution in [1.82, 2.24) is 14.8 Å². The van der Waals surface area contributed by atoms with E-state index >= 15 is 0 Å². The molecule has 2 unspecified atom stereocenters. The minimum absolute atomic E-state index is 0.0949. The van der Waals surface area contributed by atoms with Gasteiger partial charge in [0, 0.05) is 50.2 Å². The van der Waals surface area contributed by atoms with E-state index in [4.69, 9.17) is 0 Å². The summed E-state index contributed by atoms with van der Waals surface area (Å²) in [6.45, 7) is 8.94. The van der Waals surface area contributed by atoms with Crippen LogP contribution in [-0.4, -0.2) is 45.9 Å². The lowest BCUT2D eigenvalue weighted by atomic mass is 9.89. The molecule has 1 saturated heterocycles. The lowest BCUT2D eigenvalue weighted by molar-refractivity contribution is 0.00711. The predicted octanol–water partition coefficient (Wildman–Crippen LogP) is 3.39. The second kappa shape index (κ2) is 9.20. The Morgan fingerprint density at radius 3 is 2.64 bits per heavy atom. The highest BCUT2D eigenvalue weighted by atomic mass is 16.3. The minimum Gasteiger partial charge on any atom is -0.391 e. The second-order valence-electron chi connectivity index (χ2n) is 8.49. The van der Waals surface area contributed by atoms with Gasteiger partial charge in [-0.2, -0.15) is 0 Å². The van der Waals surface area contributed by atoms with Gasteiger partial charge >= 0.3 is 0 Å². The van der Waals surface area contributed by atoms with Gasteiger partial charge in [-0.05, 0) is 50.2 Å². The highest BCUT2D eigenvalue weighted by Gasteiger charge is 2.31. The summed E-state index contributed by atoms with van der Waals surface area (Å²) in [5, 5.41) is 14.1. The molecule has 2 heterocycles. The summed E-state index contributed by atoms with van der Waals surface area (Å²) >= 11 is 0. The zero-order chi connectivity index (χ0) is 17.6. The zero-order valence-electron chi connectivity index (χ0n) is 16.2. The number of aromatic nitrogens is 1. The van der Waals surface area contributed by atoms with Gasteiger partial charge in [0.1, 0.15) is 0 Å². The number of aryl methyl sites for hydroxylation is 1. The van der Waals surface area contributed by atoms with Crippen LogP contribution in [-0.2, 0) is 13.1 Å². The summed E-state index contributed by atoms with van der Waals surface area (Å²) in [6, 6.07) is 5.46. The van der Waals surface area contributed by atoms with Crippen molar-refractivity contribution < 1.29 is 5.11 Å². The third-order valence-corrected chi connectivity index (χ3v) is 6.14. The van der Waals surface area contributed by atoms with Crippen LogP contribution in [0.4, 0.5) is 0 Å². The highest BCUT2D eigenvalue weighted by molar-refractivity contribution is 5.07. The van der Waals surface area contributed by atoms with Gasteiger partial charge < -0.3 is 15.0 Å². The fourth-order valence-electron chi connectivity index (χ4n) is 4.43. The van der Waals surface area contributed by atoms with Crippen LogP contribution in [0.2, 0.25) is 0 Å². The number of hydrogen-bond acceptors (Lipinski definition) is 3. The van der Waals surface area contributed by atoms with Crippen LogP contribution in [0.15, 0.2) is 18.3 Å². The van der Waals surface area contributed by atoms with Crippen LogP contribution in [0, 0.1) is 5.92 Å². The number of rotatable bonds is 7. The van der Waals surface area contributed by atoms with Crippen LogP contribution < -0.4 is 5.32 Å². The van der Waals surface area contributed by atoms with Gasteiger partial charge in [0.05, 0.1) is 6.10 Å². The van der Waals surface area contributed by atoms with Crippen LogP contribution in [0.25, 0.3) is 0 Å². The maximum Gasteiger partial charge on any atom is 0.0695 e. The molecule has 0 aromatic carbocycles. The highest BCUT2D eigenvalue weighted by Crippen LogP contribution is 2.26. The molecule has 2 atom stereocenters. The third-order valence-electron chi connectivity index (χ3n) is 6.14. The first-order valence-corrected chi connectivity index (χ1v) is 10.4. The summed E-state index contributed by atoms with van der Waals surface area (Å²) in [7, 11) is 0. The van der Waals surface area contributed by atoms with Crippen LogP contribution >= 0.6 is 0 Å². The molecule has 4 nitrogen and oxygen atoms in total. The summed E-state index contributed by atoms with van der Waals surface area (Å²) in [5.74, 6) is 0.752. The van der Waals surface area contributed by atoms with Crippen LogP contribution in [0.1, 0.15) is 64.5 Å². The van der Waals surface area contributed by atoms with Gasteiger partial charge in [0.25, 0.3) is 0 Å². The van der Waals surface area contributed by atoms with E-state index in [0.29, 0.717) is 12.1 Å². The Morgan fingerprint density at radius 1 is 1.16 bits per heavy atom. The number of nitrogens with one attached hydrogen (secondary N) is 1.